The van der Waals surface area contributed by atoms with Crippen LogP contribution in [0.3, 0.4) is 0 Å². The molecule has 0 unspecified atom stereocenters. The molecule has 142 valence electrons. The third-order valence-corrected chi connectivity index (χ3v) is 5.34. The molecule has 2 N–H and O–H groups in total. The van der Waals surface area contributed by atoms with Gasteiger partial charge >= 0.3 is 0 Å². The van der Waals surface area contributed by atoms with Crippen molar-refractivity contribution in [2.24, 2.45) is 0 Å². The second-order valence-corrected chi connectivity index (χ2v) is 7.36. The lowest BCUT2D eigenvalue weighted by Crippen LogP contribution is -2.17. The molecule has 3 nitrogen and oxygen atoms in total. The number of nitrogens with one attached hydrogen (secondary N) is 2. The highest BCUT2D eigenvalue weighted by atomic mass is 35.5. The highest BCUT2D eigenvalue weighted by Gasteiger charge is 2.08. The lowest BCUT2D eigenvalue weighted by molar-refractivity contribution is 0.675. The van der Waals surface area contributed by atoms with E-state index in [0.717, 1.165) is 53.4 Å². The Morgan fingerprint density at radius 3 is 2.61 bits per heavy atom. The number of nitrogens with zero attached hydrogens (tertiary/aromatic N) is 1. The van der Waals surface area contributed by atoms with Crippen molar-refractivity contribution in [1.29, 1.82) is 0 Å². The number of aromatic nitrogens is 2. The molecule has 4 heteroatoms. The van der Waals surface area contributed by atoms with Crippen LogP contribution in [-0.4, -0.2) is 16.5 Å². The summed E-state index contributed by atoms with van der Waals surface area (Å²) in [6, 6.07) is 22.9. The Morgan fingerprint density at radius 2 is 1.79 bits per heavy atom. The minimum absolute atomic E-state index is 0.787. The van der Waals surface area contributed by atoms with Gasteiger partial charge in [0.05, 0.1) is 11.0 Å². The summed E-state index contributed by atoms with van der Waals surface area (Å²) in [4.78, 5) is 7.98. The van der Waals surface area contributed by atoms with Gasteiger partial charge in [-0.15, -0.1) is 0 Å². The summed E-state index contributed by atoms with van der Waals surface area (Å²) in [7, 11) is 0. The lowest BCUT2D eigenvalue weighted by Gasteiger charge is -2.11. The largest absolute Gasteiger partial charge is 0.342 e. The number of para-hydroxylation sites is 2. The molecule has 0 amide bonds. The molecule has 28 heavy (non-hydrogen) atoms. The Morgan fingerprint density at radius 1 is 0.964 bits per heavy atom. The van der Waals surface area contributed by atoms with E-state index in [-0.39, 0.29) is 0 Å². The number of rotatable bonds is 7. The van der Waals surface area contributed by atoms with E-state index in [1.807, 2.05) is 18.2 Å². The number of H-pyrrole nitrogens is 1. The SMILES string of the molecule is CCc1ccccc1-c1ccc(CNCCc2nc3ccccc3[nH]2)cc1Cl. The first-order valence-corrected chi connectivity index (χ1v) is 10.1. The summed E-state index contributed by atoms with van der Waals surface area (Å²) in [6.45, 7) is 3.82. The fourth-order valence-corrected chi connectivity index (χ4v) is 3.85. The Hall–Kier alpha value is -2.62. The summed E-state index contributed by atoms with van der Waals surface area (Å²) >= 11 is 6.60. The lowest BCUT2D eigenvalue weighted by atomic mass is 9.97. The fraction of sp³-hybridized carbons (Fsp3) is 0.208. The molecule has 0 aliphatic carbocycles. The van der Waals surface area contributed by atoms with E-state index in [1.54, 1.807) is 0 Å². The van der Waals surface area contributed by atoms with Gasteiger partial charge in [0, 0.05) is 30.1 Å². The highest BCUT2D eigenvalue weighted by molar-refractivity contribution is 6.33. The van der Waals surface area contributed by atoms with Gasteiger partial charge in [-0.3, -0.25) is 0 Å². The number of halogens is 1. The number of fused-ring (bicyclic) bond motifs is 1. The van der Waals surface area contributed by atoms with E-state index in [0.29, 0.717) is 0 Å². The molecule has 0 atom stereocenters. The number of hydrogen-bond donors (Lipinski definition) is 2. The second kappa shape index (κ2) is 8.59. The normalized spacial score (nSPS) is 11.2. The zero-order chi connectivity index (χ0) is 19.3. The fourth-order valence-electron chi connectivity index (χ4n) is 3.54. The third-order valence-electron chi connectivity index (χ3n) is 5.03. The molecular weight excluding hydrogens is 366 g/mol. The highest BCUT2D eigenvalue weighted by Crippen LogP contribution is 2.31. The van der Waals surface area contributed by atoms with Gasteiger partial charge in [0.15, 0.2) is 0 Å². The Labute approximate surface area is 170 Å². The van der Waals surface area contributed by atoms with Crippen molar-refractivity contribution in [3.8, 4) is 11.1 Å². The van der Waals surface area contributed by atoms with Gasteiger partial charge in [-0.05, 0) is 41.3 Å². The minimum atomic E-state index is 0.787. The van der Waals surface area contributed by atoms with Crippen LogP contribution in [0.25, 0.3) is 22.2 Å². The quantitative estimate of drug-likeness (QED) is 0.393. The van der Waals surface area contributed by atoms with Gasteiger partial charge in [0.1, 0.15) is 5.82 Å². The van der Waals surface area contributed by atoms with Crippen molar-refractivity contribution in [2.75, 3.05) is 6.54 Å². The summed E-state index contributed by atoms with van der Waals surface area (Å²) < 4.78 is 0. The zero-order valence-electron chi connectivity index (χ0n) is 16.0. The Balaban J connectivity index is 1.37. The summed E-state index contributed by atoms with van der Waals surface area (Å²) in [5.41, 5.74) is 6.94. The van der Waals surface area contributed by atoms with Gasteiger partial charge in [0.2, 0.25) is 0 Å². The van der Waals surface area contributed by atoms with Crippen LogP contribution >= 0.6 is 11.6 Å². The van der Waals surface area contributed by atoms with Crippen molar-refractivity contribution in [3.05, 3.63) is 88.7 Å². The summed E-state index contributed by atoms with van der Waals surface area (Å²) in [6.07, 6.45) is 1.86. The van der Waals surface area contributed by atoms with Gasteiger partial charge in [-0.2, -0.15) is 0 Å². The molecule has 0 fully saturated rings. The molecule has 0 spiro atoms. The maximum atomic E-state index is 6.60. The van der Waals surface area contributed by atoms with Gasteiger partial charge in [0.25, 0.3) is 0 Å². The van der Waals surface area contributed by atoms with E-state index in [2.05, 4.69) is 70.7 Å². The van der Waals surface area contributed by atoms with Crippen LogP contribution in [0.15, 0.2) is 66.7 Å². The third kappa shape index (κ3) is 4.11. The average Bonchev–Trinajstić information content (AvgIpc) is 3.14. The van der Waals surface area contributed by atoms with E-state index < -0.39 is 0 Å². The molecule has 0 radical (unpaired) electrons. The molecule has 0 bridgehead atoms. The maximum absolute atomic E-state index is 6.60. The van der Waals surface area contributed by atoms with Crippen molar-refractivity contribution < 1.29 is 0 Å². The zero-order valence-corrected chi connectivity index (χ0v) is 16.8. The smallest absolute Gasteiger partial charge is 0.108 e. The topological polar surface area (TPSA) is 40.7 Å². The van der Waals surface area contributed by atoms with Crippen molar-refractivity contribution in [3.63, 3.8) is 0 Å². The first-order valence-electron chi connectivity index (χ1n) is 9.75. The molecule has 1 heterocycles. The minimum Gasteiger partial charge on any atom is -0.342 e. The van der Waals surface area contributed by atoms with Crippen LogP contribution < -0.4 is 5.32 Å². The Bertz CT molecular complexity index is 1050. The molecule has 4 aromatic rings. The predicted octanol–water partition coefficient (Wildman–Crippen LogP) is 5.78. The molecule has 0 saturated heterocycles. The molecule has 1 aromatic heterocycles. The van der Waals surface area contributed by atoms with E-state index >= 15 is 0 Å². The summed E-state index contributed by atoms with van der Waals surface area (Å²) in [5, 5.41) is 4.29. The van der Waals surface area contributed by atoms with Gasteiger partial charge < -0.3 is 10.3 Å². The molecule has 0 aliphatic rings. The second-order valence-electron chi connectivity index (χ2n) is 6.95. The van der Waals surface area contributed by atoms with Crippen LogP contribution in [0.2, 0.25) is 5.02 Å². The molecule has 0 aliphatic heterocycles. The number of aromatic amines is 1. The van der Waals surface area contributed by atoms with E-state index in [4.69, 9.17) is 11.6 Å². The van der Waals surface area contributed by atoms with Crippen molar-refractivity contribution >= 4 is 22.6 Å². The van der Waals surface area contributed by atoms with Gasteiger partial charge in [-0.25, -0.2) is 4.98 Å². The van der Waals surface area contributed by atoms with Crippen molar-refractivity contribution in [2.45, 2.75) is 26.3 Å². The number of aryl methyl sites for hydroxylation is 1. The maximum Gasteiger partial charge on any atom is 0.108 e. The molecule has 4 rings (SSSR count). The van der Waals surface area contributed by atoms with Gasteiger partial charge in [-0.1, -0.05) is 67.1 Å². The number of imidazole rings is 1. The molecule has 3 aromatic carbocycles. The van der Waals surface area contributed by atoms with Crippen molar-refractivity contribution in [1.82, 2.24) is 15.3 Å². The molecule has 0 saturated carbocycles. The average molecular weight is 390 g/mol. The number of hydrogen-bond acceptors (Lipinski definition) is 2. The molecular formula is C24H24ClN3. The monoisotopic (exact) mass is 389 g/mol. The standard InChI is InChI=1S/C24H24ClN3/c1-2-18-7-3-4-8-19(18)20-12-11-17(15-21(20)25)16-26-14-13-24-27-22-9-5-6-10-23(22)28-24/h3-12,15,26H,2,13-14,16H2,1H3,(H,27,28). The number of benzene rings is 3. The Kier molecular flexibility index (Phi) is 5.75. The first-order chi connectivity index (χ1) is 13.7. The van der Waals surface area contributed by atoms with E-state index in [9.17, 15) is 0 Å². The van der Waals surface area contributed by atoms with Crippen LogP contribution in [0.4, 0.5) is 0 Å². The first kappa shape index (κ1) is 18.7. The van der Waals surface area contributed by atoms with Crippen LogP contribution in [-0.2, 0) is 19.4 Å². The van der Waals surface area contributed by atoms with Crippen LogP contribution in [0.5, 0.6) is 0 Å². The van der Waals surface area contributed by atoms with Crippen LogP contribution in [0.1, 0.15) is 23.9 Å². The predicted molar refractivity (Wildman–Crippen MR) is 118 cm³/mol. The van der Waals surface area contributed by atoms with E-state index in [1.165, 1.54) is 16.7 Å². The summed E-state index contributed by atoms with van der Waals surface area (Å²) in [5.74, 6) is 1.01. The van der Waals surface area contributed by atoms with Crippen LogP contribution in [0, 0.1) is 0 Å².